The van der Waals surface area contributed by atoms with Gasteiger partial charge in [-0.25, -0.2) is 4.79 Å². The number of esters is 1. The van der Waals surface area contributed by atoms with Crippen LogP contribution in [0.25, 0.3) is 0 Å². The smallest absolute Gasteiger partial charge is 0.340 e. The number of carbonyl (C=O) groups excluding carboxylic acids is 1. The summed E-state index contributed by atoms with van der Waals surface area (Å²) in [6.45, 7) is 4.37. The number of nitrogens with zero attached hydrogens (tertiary/aromatic N) is 1. The van der Waals surface area contributed by atoms with Crippen molar-refractivity contribution in [2.45, 2.75) is 32.7 Å². The third-order valence-electron chi connectivity index (χ3n) is 3.81. The van der Waals surface area contributed by atoms with Gasteiger partial charge in [0, 0.05) is 18.8 Å². The van der Waals surface area contributed by atoms with Gasteiger partial charge in [0.15, 0.2) is 0 Å². The van der Waals surface area contributed by atoms with Crippen molar-refractivity contribution in [2.75, 3.05) is 24.3 Å². The Hall–Kier alpha value is -1.71. The van der Waals surface area contributed by atoms with E-state index in [0.717, 1.165) is 11.6 Å². The summed E-state index contributed by atoms with van der Waals surface area (Å²) in [6.07, 6.45) is 2.55. The van der Waals surface area contributed by atoms with Gasteiger partial charge in [-0.2, -0.15) is 0 Å². The van der Waals surface area contributed by atoms with Crippen molar-refractivity contribution in [1.82, 2.24) is 0 Å². The first kappa shape index (κ1) is 13.7. The molecule has 1 aromatic carbocycles. The Balaban J connectivity index is 2.29. The zero-order valence-corrected chi connectivity index (χ0v) is 11.8. The number of hydrogen-bond acceptors (Lipinski definition) is 4. The standard InChI is InChI=1S/C15H22N2O2/c1-4-19-15(18)13-9-12(16)7-8-14(13)17(3)10(2)11-5-6-11/h7-11H,4-6,16H2,1-3H3. The molecule has 0 aliphatic heterocycles. The van der Waals surface area contributed by atoms with Crippen LogP contribution in [-0.2, 0) is 4.74 Å². The van der Waals surface area contributed by atoms with E-state index in [2.05, 4.69) is 11.8 Å². The van der Waals surface area contributed by atoms with E-state index >= 15 is 0 Å². The maximum Gasteiger partial charge on any atom is 0.340 e. The third kappa shape index (κ3) is 3.00. The van der Waals surface area contributed by atoms with Crippen molar-refractivity contribution < 1.29 is 9.53 Å². The summed E-state index contributed by atoms with van der Waals surface area (Å²) < 4.78 is 5.11. The number of rotatable bonds is 5. The van der Waals surface area contributed by atoms with Crippen molar-refractivity contribution in [3.8, 4) is 0 Å². The number of nitrogens with two attached hydrogens (primary N) is 1. The first-order chi connectivity index (χ1) is 9.04. The molecule has 0 aromatic heterocycles. The van der Waals surface area contributed by atoms with E-state index in [1.54, 1.807) is 13.0 Å². The number of hydrogen-bond donors (Lipinski definition) is 1. The Morgan fingerprint density at radius 2 is 2.21 bits per heavy atom. The highest BCUT2D eigenvalue weighted by molar-refractivity contribution is 5.97. The summed E-state index contributed by atoms with van der Waals surface area (Å²) in [7, 11) is 2.03. The summed E-state index contributed by atoms with van der Waals surface area (Å²) in [5, 5.41) is 0. The monoisotopic (exact) mass is 262 g/mol. The quantitative estimate of drug-likeness (QED) is 0.654. The molecule has 0 saturated heterocycles. The molecule has 1 aromatic rings. The predicted molar refractivity (Wildman–Crippen MR) is 77.4 cm³/mol. The molecule has 4 heteroatoms. The Kier molecular flexibility index (Phi) is 3.98. The van der Waals surface area contributed by atoms with Gasteiger partial charge in [0.2, 0.25) is 0 Å². The van der Waals surface area contributed by atoms with Crippen LogP contribution in [0.2, 0.25) is 0 Å². The van der Waals surface area contributed by atoms with Gasteiger partial charge < -0.3 is 15.4 Å². The molecule has 0 heterocycles. The molecule has 1 aliphatic carbocycles. The molecule has 1 atom stereocenters. The minimum Gasteiger partial charge on any atom is -0.462 e. The third-order valence-corrected chi connectivity index (χ3v) is 3.81. The van der Waals surface area contributed by atoms with E-state index in [1.807, 2.05) is 19.2 Å². The summed E-state index contributed by atoms with van der Waals surface area (Å²) in [6, 6.07) is 5.86. The second-order valence-electron chi connectivity index (χ2n) is 5.19. The first-order valence-electron chi connectivity index (χ1n) is 6.84. The SMILES string of the molecule is CCOC(=O)c1cc(N)ccc1N(C)C(C)C1CC1. The lowest BCUT2D eigenvalue weighted by molar-refractivity contribution is 0.0527. The number of carbonyl (C=O) groups is 1. The van der Waals surface area contributed by atoms with Crippen molar-refractivity contribution >= 4 is 17.3 Å². The molecule has 1 unspecified atom stereocenters. The van der Waals surface area contributed by atoms with Crippen LogP contribution >= 0.6 is 0 Å². The maximum absolute atomic E-state index is 12.0. The molecule has 0 amide bonds. The van der Waals surface area contributed by atoms with Crippen LogP contribution in [0.4, 0.5) is 11.4 Å². The molecule has 1 aliphatic rings. The highest BCUT2D eigenvalue weighted by atomic mass is 16.5. The van der Waals surface area contributed by atoms with Crippen molar-refractivity contribution in [2.24, 2.45) is 5.92 Å². The van der Waals surface area contributed by atoms with Crippen LogP contribution in [0, 0.1) is 5.92 Å². The van der Waals surface area contributed by atoms with Crippen LogP contribution in [0.1, 0.15) is 37.0 Å². The fraction of sp³-hybridized carbons (Fsp3) is 0.533. The molecular weight excluding hydrogens is 240 g/mol. The van der Waals surface area contributed by atoms with Gasteiger partial charge in [-0.05, 0) is 50.8 Å². The van der Waals surface area contributed by atoms with E-state index in [-0.39, 0.29) is 5.97 Å². The first-order valence-corrected chi connectivity index (χ1v) is 6.84. The van der Waals surface area contributed by atoms with Crippen LogP contribution in [-0.4, -0.2) is 25.7 Å². The normalized spacial score (nSPS) is 15.9. The molecular formula is C15H22N2O2. The summed E-state index contributed by atoms with van der Waals surface area (Å²) >= 11 is 0. The molecule has 104 valence electrons. The molecule has 0 spiro atoms. The fourth-order valence-electron chi connectivity index (χ4n) is 2.35. The van der Waals surface area contributed by atoms with Gasteiger partial charge in [0.1, 0.15) is 0 Å². The predicted octanol–water partition coefficient (Wildman–Crippen LogP) is 2.68. The van der Waals surface area contributed by atoms with E-state index in [1.165, 1.54) is 12.8 Å². The van der Waals surface area contributed by atoms with Gasteiger partial charge in [-0.15, -0.1) is 0 Å². The van der Waals surface area contributed by atoms with Gasteiger partial charge >= 0.3 is 5.97 Å². The van der Waals surface area contributed by atoms with Gasteiger partial charge in [-0.1, -0.05) is 0 Å². The molecule has 0 radical (unpaired) electrons. The van der Waals surface area contributed by atoms with E-state index in [0.29, 0.717) is 23.9 Å². The lowest BCUT2D eigenvalue weighted by Crippen LogP contribution is -2.32. The molecule has 4 nitrogen and oxygen atoms in total. The minimum atomic E-state index is -0.306. The molecule has 2 N–H and O–H groups in total. The molecule has 0 bridgehead atoms. The Bertz CT molecular complexity index is 469. The zero-order chi connectivity index (χ0) is 14.0. The van der Waals surface area contributed by atoms with Crippen molar-refractivity contribution in [3.63, 3.8) is 0 Å². The summed E-state index contributed by atoms with van der Waals surface area (Å²) in [4.78, 5) is 14.2. The second kappa shape index (κ2) is 5.51. The van der Waals surface area contributed by atoms with Gasteiger partial charge in [0.05, 0.1) is 17.9 Å². The van der Waals surface area contributed by atoms with Crippen LogP contribution in [0.15, 0.2) is 18.2 Å². The summed E-state index contributed by atoms with van der Waals surface area (Å²) in [5.41, 5.74) is 7.81. The molecule has 19 heavy (non-hydrogen) atoms. The zero-order valence-electron chi connectivity index (χ0n) is 11.8. The lowest BCUT2D eigenvalue weighted by atomic mass is 10.1. The number of nitrogen functional groups attached to an aromatic ring is 1. The van der Waals surface area contributed by atoms with Crippen LogP contribution in [0.3, 0.4) is 0 Å². The highest BCUT2D eigenvalue weighted by Gasteiger charge is 2.32. The van der Waals surface area contributed by atoms with E-state index in [9.17, 15) is 4.79 Å². The Morgan fingerprint density at radius 1 is 1.53 bits per heavy atom. The van der Waals surface area contributed by atoms with Crippen molar-refractivity contribution in [3.05, 3.63) is 23.8 Å². The Labute approximate surface area is 114 Å². The van der Waals surface area contributed by atoms with E-state index < -0.39 is 0 Å². The Morgan fingerprint density at radius 3 is 2.79 bits per heavy atom. The average molecular weight is 262 g/mol. The average Bonchev–Trinajstić information content (AvgIpc) is 3.21. The molecule has 1 saturated carbocycles. The maximum atomic E-state index is 12.0. The number of ether oxygens (including phenoxy) is 1. The van der Waals surface area contributed by atoms with Gasteiger partial charge in [0.25, 0.3) is 0 Å². The number of anilines is 2. The largest absolute Gasteiger partial charge is 0.462 e. The van der Waals surface area contributed by atoms with Crippen LogP contribution < -0.4 is 10.6 Å². The van der Waals surface area contributed by atoms with Crippen molar-refractivity contribution in [1.29, 1.82) is 0 Å². The van der Waals surface area contributed by atoms with Crippen LogP contribution in [0.5, 0.6) is 0 Å². The fourth-order valence-corrected chi connectivity index (χ4v) is 2.35. The summed E-state index contributed by atoms with van der Waals surface area (Å²) in [5.74, 6) is 0.428. The molecule has 1 fully saturated rings. The second-order valence-corrected chi connectivity index (χ2v) is 5.19. The highest BCUT2D eigenvalue weighted by Crippen LogP contribution is 2.37. The minimum absolute atomic E-state index is 0.306. The lowest BCUT2D eigenvalue weighted by Gasteiger charge is -2.28. The number of benzene rings is 1. The topological polar surface area (TPSA) is 55.6 Å². The van der Waals surface area contributed by atoms with Gasteiger partial charge in [-0.3, -0.25) is 0 Å². The van der Waals surface area contributed by atoms with E-state index in [4.69, 9.17) is 10.5 Å². The molecule has 2 rings (SSSR count).